The molecule has 0 saturated heterocycles. The van der Waals surface area contributed by atoms with Gasteiger partial charge in [-0.1, -0.05) is 20.8 Å². The first-order valence-electron chi connectivity index (χ1n) is 12.4. The Bertz CT molecular complexity index is 762. The zero-order chi connectivity index (χ0) is 22.6. The maximum absolute atomic E-state index is 11.3. The smallest absolute Gasteiger partial charge is 0.726 e. The topological polar surface area (TPSA) is 107 Å². The zero-order valence-corrected chi connectivity index (χ0v) is 23.1. The summed E-state index contributed by atoms with van der Waals surface area (Å²) >= 11 is 0. The largest absolute Gasteiger partial charge is 1.00 e. The predicted octanol–water partition coefficient (Wildman–Crippen LogP) is 0.874. The number of fused-ring (bicyclic) bond motifs is 5. The Morgan fingerprint density at radius 2 is 1.69 bits per heavy atom. The molecule has 6 nitrogen and oxygen atoms in total. The van der Waals surface area contributed by atoms with Gasteiger partial charge in [-0.25, -0.2) is 8.42 Å². The molecule has 10 atom stereocenters. The van der Waals surface area contributed by atoms with Crippen molar-refractivity contribution in [1.82, 2.24) is 0 Å². The van der Waals surface area contributed by atoms with Crippen molar-refractivity contribution in [3.8, 4) is 0 Å². The van der Waals surface area contributed by atoms with E-state index in [1.54, 1.807) is 0 Å². The number of rotatable bonds is 6. The Hall–Kier alpha value is 0.790. The molecule has 32 heavy (non-hydrogen) atoms. The molecule has 4 rings (SSSR count). The Kier molecular flexibility index (Phi) is 8.59. The van der Waals surface area contributed by atoms with E-state index in [4.69, 9.17) is 0 Å². The molecule has 2 N–H and O–H groups in total. The fraction of sp³-hybridized carbons (Fsp3) is 1.00. The molecule has 0 aromatic rings. The minimum atomic E-state index is -4.60. The van der Waals surface area contributed by atoms with Gasteiger partial charge in [-0.2, -0.15) is 0 Å². The number of aliphatic hydroxyl groups excluding tert-OH is 2. The zero-order valence-electron chi connectivity index (χ0n) is 20.3. The Morgan fingerprint density at radius 3 is 2.38 bits per heavy atom. The minimum absolute atomic E-state index is 0. The van der Waals surface area contributed by atoms with Crippen LogP contribution in [0.2, 0.25) is 0 Å². The molecule has 0 aromatic heterocycles. The molecule has 0 amide bonds. The van der Waals surface area contributed by atoms with Crippen molar-refractivity contribution in [3.63, 3.8) is 0 Å². The first kappa shape index (κ1) is 27.4. The van der Waals surface area contributed by atoms with Crippen molar-refractivity contribution in [2.75, 3.05) is 6.61 Å². The molecule has 8 heteroatoms. The van der Waals surface area contributed by atoms with Crippen LogP contribution in [0.1, 0.15) is 85.0 Å². The van der Waals surface area contributed by atoms with Crippen LogP contribution in [0.3, 0.4) is 0 Å². The molecule has 0 spiro atoms. The summed E-state index contributed by atoms with van der Waals surface area (Å²) in [5.41, 5.74) is 0.458. The molecule has 0 heterocycles. The maximum Gasteiger partial charge on any atom is 1.00 e. The molecule has 0 aliphatic heterocycles. The van der Waals surface area contributed by atoms with Gasteiger partial charge >= 0.3 is 29.6 Å². The van der Waals surface area contributed by atoms with Crippen LogP contribution in [0.5, 0.6) is 0 Å². The fourth-order valence-electron chi connectivity index (χ4n) is 8.94. The van der Waals surface area contributed by atoms with Gasteiger partial charge < -0.3 is 14.8 Å². The quantitative estimate of drug-likeness (QED) is 0.253. The summed E-state index contributed by atoms with van der Waals surface area (Å²) in [5, 5.41) is 21.5. The first-order valence-corrected chi connectivity index (χ1v) is 13.8. The second kappa shape index (κ2) is 10.0. The van der Waals surface area contributed by atoms with Crippen molar-refractivity contribution in [2.24, 2.45) is 46.3 Å². The van der Waals surface area contributed by atoms with Gasteiger partial charge in [0.1, 0.15) is 0 Å². The summed E-state index contributed by atoms with van der Waals surface area (Å²) in [6.07, 6.45) is 9.32. The molecule has 4 aliphatic carbocycles. The van der Waals surface area contributed by atoms with Crippen molar-refractivity contribution in [3.05, 3.63) is 0 Å². The van der Waals surface area contributed by atoms with Crippen LogP contribution in [0.4, 0.5) is 0 Å². The van der Waals surface area contributed by atoms with Crippen LogP contribution in [0, 0.1) is 46.3 Å². The van der Waals surface area contributed by atoms with Gasteiger partial charge in [-0.15, -0.1) is 0 Å². The van der Waals surface area contributed by atoms with E-state index in [2.05, 4.69) is 25.0 Å². The summed E-state index contributed by atoms with van der Waals surface area (Å²) in [5.74, 6) is 2.89. The van der Waals surface area contributed by atoms with Gasteiger partial charge in [-0.3, -0.25) is 4.18 Å². The summed E-state index contributed by atoms with van der Waals surface area (Å²) in [7, 11) is -4.60. The molecule has 4 fully saturated rings. The van der Waals surface area contributed by atoms with Crippen molar-refractivity contribution >= 4 is 10.4 Å². The van der Waals surface area contributed by atoms with E-state index in [9.17, 15) is 23.2 Å². The van der Waals surface area contributed by atoms with Gasteiger partial charge in [-0.05, 0) is 111 Å². The average Bonchev–Trinajstić information content (AvgIpc) is 3.03. The standard InChI is InChI=1S/C24H42O6S.Na/c1-15(5-4-12-30-31(27,28)29)18-6-7-19-22-20(9-11-24(18,19)3)23(2)10-8-17(25)13-16(23)14-21(22)26;/h15-22,25-26H,4-14H2,1-3H3,(H,27,28,29);/q;+1/p-1/t15-,16+,17-,18-,19+,20+,21+,22+,23+,24-;/m1./s1. The van der Waals surface area contributed by atoms with E-state index in [0.29, 0.717) is 41.9 Å². The van der Waals surface area contributed by atoms with Gasteiger partial charge in [0.05, 0.1) is 18.8 Å². The minimum Gasteiger partial charge on any atom is -0.726 e. The van der Waals surface area contributed by atoms with Crippen LogP contribution in [-0.2, 0) is 14.6 Å². The maximum atomic E-state index is 11.3. The normalized spacial score (nSPS) is 47.0. The first-order chi connectivity index (χ1) is 14.5. The monoisotopic (exact) mass is 480 g/mol. The summed E-state index contributed by atoms with van der Waals surface area (Å²) in [6.45, 7) is 7.10. The third kappa shape index (κ3) is 5.02. The van der Waals surface area contributed by atoms with Crippen LogP contribution >= 0.6 is 0 Å². The number of hydrogen-bond donors (Lipinski definition) is 2. The SMILES string of the molecule is C[C@H](CCCOS(=O)(=O)[O-])[C@H]1CC[C@H]2[C@@H]3[C@@H](O)C[C@@H]4C[C@H](O)CC[C@]4(C)[C@H]3CC[C@]12C.[Na+]. The van der Waals surface area contributed by atoms with Crippen LogP contribution < -0.4 is 29.6 Å². The predicted molar refractivity (Wildman–Crippen MR) is 117 cm³/mol. The second-order valence-electron chi connectivity index (χ2n) is 11.8. The second-order valence-corrected chi connectivity index (χ2v) is 12.9. The van der Waals surface area contributed by atoms with E-state index in [1.165, 1.54) is 19.3 Å². The molecule has 0 aromatic carbocycles. The molecule has 0 bridgehead atoms. The molecular formula is C24H41NaO6S. The van der Waals surface area contributed by atoms with Crippen LogP contribution in [0.25, 0.3) is 0 Å². The fourth-order valence-corrected chi connectivity index (χ4v) is 9.26. The van der Waals surface area contributed by atoms with E-state index in [1.807, 2.05) is 0 Å². The molecule has 4 aliphatic rings. The molecule has 0 radical (unpaired) electrons. The van der Waals surface area contributed by atoms with E-state index >= 15 is 0 Å². The van der Waals surface area contributed by atoms with E-state index < -0.39 is 10.4 Å². The van der Waals surface area contributed by atoms with Gasteiger partial charge in [0.2, 0.25) is 10.4 Å². The molecule has 4 saturated carbocycles. The summed E-state index contributed by atoms with van der Waals surface area (Å²) in [4.78, 5) is 0. The van der Waals surface area contributed by atoms with Gasteiger partial charge in [0.25, 0.3) is 0 Å². The molecule has 0 unspecified atom stereocenters. The number of aliphatic hydroxyl groups is 2. The summed E-state index contributed by atoms with van der Waals surface area (Å²) in [6, 6.07) is 0. The third-order valence-corrected chi connectivity index (χ3v) is 10.9. The van der Waals surface area contributed by atoms with Crippen LogP contribution in [-0.4, -0.2) is 42.0 Å². The van der Waals surface area contributed by atoms with Crippen molar-refractivity contribution < 1.29 is 56.9 Å². The molecular weight excluding hydrogens is 439 g/mol. The van der Waals surface area contributed by atoms with Gasteiger partial charge in [0.15, 0.2) is 0 Å². The summed E-state index contributed by atoms with van der Waals surface area (Å²) < 4.78 is 36.4. The van der Waals surface area contributed by atoms with Crippen LogP contribution in [0.15, 0.2) is 0 Å². The van der Waals surface area contributed by atoms with Crippen molar-refractivity contribution in [1.29, 1.82) is 0 Å². The third-order valence-electron chi connectivity index (χ3n) is 10.4. The van der Waals surface area contributed by atoms with Crippen molar-refractivity contribution in [2.45, 2.75) is 97.2 Å². The Balaban J connectivity index is 0.00000289. The van der Waals surface area contributed by atoms with E-state index in [0.717, 1.165) is 38.5 Å². The molecule has 180 valence electrons. The van der Waals surface area contributed by atoms with E-state index in [-0.39, 0.29) is 59.2 Å². The van der Waals surface area contributed by atoms with Gasteiger partial charge in [0, 0.05) is 0 Å². The Morgan fingerprint density at radius 1 is 1.03 bits per heavy atom. The average molecular weight is 481 g/mol. The number of hydrogen-bond acceptors (Lipinski definition) is 6. The Labute approximate surface area is 216 Å².